The summed E-state index contributed by atoms with van der Waals surface area (Å²) in [6.45, 7) is 4.08. The molecule has 1 aliphatic heterocycles. The molecular formula is C13H15N3O4. The molecule has 2 N–H and O–H groups in total. The number of hydrogen-bond acceptors (Lipinski definition) is 5. The molecule has 1 unspecified atom stereocenters. The number of nitro benzene ring substituents is 1. The first kappa shape index (κ1) is 12.7. The summed E-state index contributed by atoms with van der Waals surface area (Å²) in [5.41, 5.74) is 0.981. The number of hydrogen-bond donors (Lipinski definition) is 2. The molecule has 0 aromatic heterocycles. The van der Waals surface area contributed by atoms with Gasteiger partial charge in [0.15, 0.2) is 12.4 Å². The number of nitrogens with zero attached hydrogens (tertiary/aromatic N) is 1. The van der Waals surface area contributed by atoms with Crippen LogP contribution in [0.25, 0.3) is 0 Å². The van der Waals surface area contributed by atoms with Gasteiger partial charge in [0.1, 0.15) is 5.69 Å². The second kappa shape index (κ2) is 4.09. The average Bonchev–Trinajstić information content (AvgIpc) is 2.95. The van der Waals surface area contributed by atoms with Crippen molar-refractivity contribution in [2.45, 2.75) is 26.3 Å². The van der Waals surface area contributed by atoms with Crippen LogP contribution < -0.4 is 15.4 Å². The summed E-state index contributed by atoms with van der Waals surface area (Å²) in [5, 5.41) is 17.0. The maximum Gasteiger partial charge on any atom is 0.296 e. The molecule has 0 saturated heterocycles. The highest BCUT2D eigenvalue weighted by Crippen LogP contribution is 2.48. The summed E-state index contributed by atoms with van der Waals surface area (Å²) in [6.07, 6.45) is 0.962. The minimum Gasteiger partial charge on any atom is -0.481 e. The van der Waals surface area contributed by atoms with Gasteiger partial charge < -0.3 is 15.4 Å². The largest absolute Gasteiger partial charge is 0.481 e. The molecule has 1 aromatic carbocycles. The van der Waals surface area contributed by atoms with Gasteiger partial charge in [0.2, 0.25) is 0 Å². The number of rotatable bonds is 3. The van der Waals surface area contributed by atoms with Crippen molar-refractivity contribution in [2.75, 3.05) is 17.2 Å². The lowest BCUT2D eigenvalue weighted by Gasteiger charge is -2.19. The monoisotopic (exact) mass is 277 g/mol. The zero-order valence-corrected chi connectivity index (χ0v) is 11.2. The third-order valence-electron chi connectivity index (χ3n) is 3.77. The van der Waals surface area contributed by atoms with E-state index in [0.29, 0.717) is 17.1 Å². The summed E-state index contributed by atoms with van der Waals surface area (Å²) in [7, 11) is 0. The summed E-state index contributed by atoms with van der Waals surface area (Å²) < 4.78 is 5.20. The van der Waals surface area contributed by atoms with Crippen LogP contribution in [0.3, 0.4) is 0 Å². The van der Waals surface area contributed by atoms with Gasteiger partial charge in [-0.05, 0) is 17.9 Å². The van der Waals surface area contributed by atoms with Gasteiger partial charge in [-0.25, -0.2) is 0 Å². The Morgan fingerprint density at radius 3 is 2.80 bits per heavy atom. The third kappa shape index (κ3) is 2.15. The fourth-order valence-corrected chi connectivity index (χ4v) is 2.28. The first-order valence-electron chi connectivity index (χ1n) is 6.38. The Bertz CT molecular complexity index is 612. The summed E-state index contributed by atoms with van der Waals surface area (Å²) >= 11 is 0. The number of amides is 1. The fourth-order valence-electron chi connectivity index (χ4n) is 2.28. The number of benzene rings is 1. The van der Waals surface area contributed by atoms with E-state index in [4.69, 9.17) is 4.74 Å². The van der Waals surface area contributed by atoms with Crippen molar-refractivity contribution in [2.24, 2.45) is 5.41 Å². The van der Waals surface area contributed by atoms with E-state index in [1.165, 1.54) is 6.07 Å². The molecule has 1 saturated carbocycles. The number of ether oxygens (including phenoxy) is 1. The molecule has 1 aliphatic carbocycles. The van der Waals surface area contributed by atoms with E-state index in [1.807, 2.05) is 0 Å². The molecular weight excluding hydrogens is 262 g/mol. The minimum absolute atomic E-state index is 0.0393. The van der Waals surface area contributed by atoms with Gasteiger partial charge in [-0.1, -0.05) is 13.8 Å². The van der Waals surface area contributed by atoms with Gasteiger partial charge in [-0.2, -0.15) is 0 Å². The maximum atomic E-state index is 11.3. The normalized spacial score (nSPS) is 22.3. The molecule has 20 heavy (non-hydrogen) atoms. The molecule has 0 bridgehead atoms. The molecule has 0 spiro atoms. The number of anilines is 2. The molecule has 1 amide bonds. The lowest BCUT2D eigenvalue weighted by molar-refractivity contribution is -0.384. The quantitative estimate of drug-likeness (QED) is 0.652. The van der Waals surface area contributed by atoms with E-state index >= 15 is 0 Å². The lowest BCUT2D eigenvalue weighted by Crippen LogP contribution is -2.25. The molecule has 106 valence electrons. The number of nitrogens with one attached hydrogen (secondary N) is 2. The van der Waals surface area contributed by atoms with Gasteiger partial charge in [-0.3, -0.25) is 14.9 Å². The number of nitro groups is 1. The van der Waals surface area contributed by atoms with Crippen LogP contribution in [0.2, 0.25) is 0 Å². The van der Waals surface area contributed by atoms with Gasteiger partial charge in [0.05, 0.1) is 16.7 Å². The predicted octanol–water partition coefficient (Wildman–Crippen LogP) is 2.14. The Morgan fingerprint density at radius 1 is 1.50 bits per heavy atom. The Labute approximate surface area is 115 Å². The summed E-state index contributed by atoms with van der Waals surface area (Å²) in [6, 6.07) is 3.13. The maximum absolute atomic E-state index is 11.3. The van der Waals surface area contributed by atoms with Crippen molar-refractivity contribution in [3.8, 4) is 5.75 Å². The highest BCUT2D eigenvalue weighted by atomic mass is 16.6. The van der Waals surface area contributed by atoms with E-state index in [0.717, 1.165) is 6.42 Å². The van der Waals surface area contributed by atoms with Crippen LogP contribution in [0.4, 0.5) is 17.1 Å². The van der Waals surface area contributed by atoms with Crippen LogP contribution in [-0.4, -0.2) is 23.5 Å². The van der Waals surface area contributed by atoms with Crippen LogP contribution in [-0.2, 0) is 4.79 Å². The standard InChI is InChI=1S/C13H15N3O4/c1-13(2)5-11(13)14-7-3-8-10(4-9(7)16(18)19)20-6-12(17)15-8/h3-4,11,14H,5-6H2,1-2H3,(H,15,17). The zero-order chi connectivity index (χ0) is 14.5. The van der Waals surface area contributed by atoms with Crippen molar-refractivity contribution in [1.82, 2.24) is 0 Å². The van der Waals surface area contributed by atoms with Crippen molar-refractivity contribution in [3.05, 3.63) is 22.2 Å². The molecule has 1 heterocycles. The molecule has 0 radical (unpaired) electrons. The van der Waals surface area contributed by atoms with Crippen LogP contribution in [0.1, 0.15) is 20.3 Å². The van der Waals surface area contributed by atoms with Crippen molar-refractivity contribution < 1.29 is 14.5 Å². The highest BCUT2D eigenvalue weighted by Gasteiger charge is 2.46. The summed E-state index contributed by atoms with van der Waals surface area (Å²) in [4.78, 5) is 22.0. The third-order valence-corrected chi connectivity index (χ3v) is 3.77. The Balaban J connectivity index is 1.96. The SMILES string of the molecule is CC1(C)CC1Nc1cc2c(cc1[N+](=O)[O-])OCC(=O)N2. The van der Waals surface area contributed by atoms with Gasteiger partial charge in [0, 0.05) is 6.04 Å². The van der Waals surface area contributed by atoms with Crippen molar-refractivity contribution >= 4 is 23.0 Å². The van der Waals surface area contributed by atoms with Gasteiger partial charge in [-0.15, -0.1) is 0 Å². The Kier molecular flexibility index (Phi) is 2.60. The number of fused-ring (bicyclic) bond motifs is 1. The van der Waals surface area contributed by atoms with Crippen LogP contribution in [0, 0.1) is 15.5 Å². The number of carbonyl (C=O) groups excluding carboxylic acids is 1. The van der Waals surface area contributed by atoms with E-state index in [1.54, 1.807) is 6.07 Å². The molecule has 7 heteroatoms. The fraction of sp³-hybridized carbons (Fsp3) is 0.462. The van der Waals surface area contributed by atoms with E-state index < -0.39 is 4.92 Å². The Hall–Kier alpha value is -2.31. The molecule has 1 atom stereocenters. The lowest BCUT2D eigenvalue weighted by atomic mass is 10.1. The van der Waals surface area contributed by atoms with Gasteiger partial charge >= 0.3 is 0 Å². The van der Waals surface area contributed by atoms with Crippen molar-refractivity contribution in [1.29, 1.82) is 0 Å². The first-order valence-corrected chi connectivity index (χ1v) is 6.38. The number of carbonyl (C=O) groups is 1. The minimum atomic E-state index is -0.447. The van der Waals surface area contributed by atoms with Crippen molar-refractivity contribution in [3.63, 3.8) is 0 Å². The smallest absolute Gasteiger partial charge is 0.296 e. The Morgan fingerprint density at radius 2 is 2.20 bits per heavy atom. The van der Waals surface area contributed by atoms with E-state index in [-0.39, 0.29) is 29.7 Å². The molecule has 1 fully saturated rings. The first-order chi connectivity index (χ1) is 9.37. The van der Waals surface area contributed by atoms with Crippen LogP contribution in [0.15, 0.2) is 12.1 Å². The molecule has 2 aliphatic rings. The highest BCUT2D eigenvalue weighted by molar-refractivity contribution is 5.96. The van der Waals surface area contributed by atoms with E-state index in [9.17, 15) is 14.9 Å². The van der Waals surface area contributed by atoms with Crippen LogP contribution >= 0.6 is 0 Å². The molecule has 7 nitrogen and oxygen atoms in total. The van der Waals surface area contributed by atoms with Gasteiger partial charge in [0.25, 0.3) is 11.6 Å². The second-order valence-corrected chi connectivity index (χ2v) is 5.85. The topological polar surface area (TPSA) is 93.5 Å². The average molecular weight is 277 g/mol. The molecule has 1 aromatic rings. The zero-order valence-electron chi connectivity index (χ0n) is 11.2. The predicted molar refractivity (Wildman–Crippen MR) is 73.0 cm³/mol. The second-order valence-electron chi connectivity index (χ2n) is 5.85. The van der Waals surface area contributed by atoms with E-state index in [2.05, 4.69) is 24.5 Å². The van der Waals surface area contributed by atoms with Crippen LogP contribution in [0.5, 0.6) is 5.75 Å². The summed E-state index contributed by atoms with van der Waals surface area (Å²) in [5.74, 6) is 0.0703. The molecule has 3 rings (SSSR count).